The highest BCUT2D eigenvalue weighted by atomic mass is 16.3. The number of carbonyl (C=O) groups excluding carboxylic acids is 1. The molecule has 3 heterocycles. The summed E-state index contributed by atoms with van der Waals surface area (Å²) in [5.41, 5.74) is 0.264. The molecule has 2 aliphatic rings. The molecule has 0 aromatic carbocycles. The third-order valence-electron chi connectivity index (χ3n) is 3.16. The Balaban J connectivity index is 1.95. The van der Waals surface area contributed by atoms with Crippen LogP contribution < -0.4 is 16.0 Å². The van der Waals surface area contributed by atoms with Gasteiger partial charge in [-0.2, -0.15) is 0 Å². The fourth-order valence-electron chi connectivity index (χ4n) is 2.23. The summed E-state index contributed by atoms with van der Waals surface area (Å²) in [5, 5.41) is 9.34. The fraction of sp³-hybridized carbons (Fsp3) is 0.500. The number of nitrogens with one attached hydrogen (secondary N) is 3. The number of carbonyl (C=O) groups is 1. The first-order chi connectivity index (χ1) is 7.30. The quantitative estimate of drug-likeness (QED) is 0.587. The number of amides is 1. The Bertz CT molecular complexity index is 393. The second kappa shape index (κ2) is 3.00. The maximum absolute atomic E-state index is 12.0. The minimum Gasteiger partial charge on any atom is -0.447 e. The predicted octanol–water partition coefficient (Wildman–Crippen LogP) is 0.766. The molecule has 1 fully saturated rings. The van der Waals surface area contributed by atoms with Gasteiger partial charge in [0.05, 0.1) is 6.26 Å². The molecule has 0 saturated carbocycles. The van der Waals surface area contributed by atoms with Crippen LogP contribution in [0.3, 0.4) is 0 Å². The average molecular weight is 207 g/mol. The lowest BCUT2D eigenvalue weighted by Crippen LogP contribution is -2.57. The van der Waals surface area contributed by atoms with Gasteiger partial charge in [-0.05, 0) is 25.9 Å². The first-order valence-corrected chi connectivity index (χ1v) is 5.18. The van der Waals surface area contributed by atoms with Crippen molar-refractivity contribution in [1.29, 1.82) is 0 Å². The Kier molecular flexibility index (Phi) is 1.76. The Morgan fingerprint density at radius 1 is 1.33 bits per heavy atom. The average Bonchev–Trinajstić information content (AvgIpc) is 2.67. The molecule has 3 rings (SSSR count). The van der Waals surface area contributed by atoms with Gasteiger partial charge in [0, 0.05) is 6.07 Å². The zero-order valence-corrected chi connectivity index (χ0v) is 8.30. The van der Waals surface area contributed by atoms with E-state index in [-0.39, 0.29) is 5.91 Å². The standard InChI is InChI=1S/C10H13N3O2/c14-9-10(2-4-11-5-3-10)13-8-7(12-9)1-6-15-8/h1,6,11,13H,2-5H2,(H,12,14). The molecule has 0 unspecified atom stereocenters. The molecule has 3 N–H and O–H groups in total. The smallest absolute Gasteiger partial charge is 0.250 e. The van der Waals surface area contributed by atoms with Crippen molar-refractivity contribution < 1.29 is 9.21 Å². The van der Waals surface area contributed by atoms with Gasteiger partial charge < -0.3 is 20.4 Å². The fourth-order valence-corrected chi connectivity index (χ4v) is 2.23. The monoisotopic (exact) mass is 207 g/mol. The van der Waals surface area contributed by atoms with E-state index in [1.165, 1.54) is 0 Å². The van der Waals surface area contributed by atoms with Gasteiger partial charge in [-0.3, -0.25) is 4.79 Å². The molecule has 0 atom stereocenters. The largest absolute Gasteiger partial charge is 0.447 e. The number of anilines is 2. The number of fused-ring (bicyclic) bond motifs is 1. The molecule has 80 valence electrons. The number of piperidine rings is 1. The summed E-state index contributed by atoms with van der Waals surface area (Å²) in [6.07, 6.45) is 3.16. The molecule has 1 aromatic rings. The second-order valence-electron chi connectivity index (χ2n) is 4.07. The number of hydrogen-bond donors (Lipinski definition) is 3. The van der Waals surface area contributed by atoms with Crippen LogP contribution in [0.4, 0.5) is 11.6 Å². The maximum Gasteiger partial charge on any atom is 0.250 e. The molecule has 0 radical (unpaired) electrons. The van der Waals surface area contributed by atoms with Gasteiger partial charge in [-0.25, -0.2) is 0 Å². The number of furan rings is 1. The molecule has 1 saturated heterocycles. The number of hydrogen-bond acceptors (Lipinski definition) is 4. The van der Waals surface area contributed by atoms with Crippen LogP contribution in [-0.4, -0.2) is 24.5 Å². The molecular formula is C10H13N3O2. The zero-order valence-electron chi connectivity index (χ0n) is 8.30. The van der Waals surface area contributed by atoms with E-state index in [1.54, 1.807) is 12.3 Å². The van der Waals surface area contributed by atoms with Crippen molar-refractivity contribution in [3.8, 4) is 0 Å². The van der Waals surface area contributed by atoms with Gasteiger partial charge in [0.15, 0.2) is 0 Å². The van der Waals surface area contributed by atoms with Crippen molar-refractivity contribution in [2.24, 2.45) is 0 Å². The Morgan fingerprint density at radius 3 is 2.93 bits per heavy atom. The van der Waals surface area contributed by atoms with Crippen LogP contribution in [0.1, 0.15) is 12.8 Å². The van der Waals surface area contributed by atoms with Crippen molar-refractivity contribution in [3.05, 3.63) is 12.3 Å². The third kappa shape index (κ3) is 1.23. The van der Waals surface area contributed by atoms with Crippen molar-refractivity contribution in [1.82, 2.24) is 5.32 Å². The highest BCUT2D eigenvalue weighted by molar-refractivity contribution is 6.05. The van der Waals surface area contributed by atoms with Crippen molar-refractivity contribution in [2.75, 3.05) is 23.7 Å². The summed E-state index contributed by atoms with van der Waals surface area (Å²) in [5.74, 6) is 0.731. The summed E-state index contributed by atoms with van der Waals surface area (Å²) in [6.45, 7) is 1.72. The predicted molar refractivity (Wildman–Crippen MR) is 55.8 cm³/mol. The van der Waals surface area contributed by atoms with Crippen LogP contribution in [0.5, 0.6) is 0 Å². The van der Waals surface area contributed by atoms with Crippen molar-refractivity contribution in [2.45, 2.75) is 18.4 Å². The molecule has 0 aliphatic carbocycles. The molecule has 1 amide bonds. The lowest BCUT2D eigenvalue weighted by Gasteiger charge is -2.39. The number of rotatable bonds is 0. The molecule has 0 bridgehead atoms. The van der Waals surface area contributed by atoms with E-state index in [2.05, 4.69) is 16.0 Å². The molecular weight excluding hydrogens is 194 g/mol. The summed E-state index contributed by atoms with van der Waals surface area (Å²) in [6, 6.07) is 1.76. The molecule has 5 heteroatoms. The van der Waals surface area contributed by atoms with Crippen LogP contribution in [0.15, 0.2) is 16.7 Å². The lowest BCUT2D eigenvalue weighted by molar-refractivity contribution is -0.121. The lowest BCUT2D eigenvalue weighted by atomic mass is 9.86. The third-order valence-corrected chi connectivity index (χ3v) is 3.16. The second-order valence-corrected chi connectivity index (χ2v) is 4.07. The van der Waals surface area contributed by atoms with E-state index < -0.39 is 5.54 Å². The van der Waals surface area contributed by atoms with Gasteiger partial charge in [0.1, 0.15) is 11.2 Å². The van der Waals surface area contributed by atoms with Gasteiger partial charge in [-0.15, -0.1) is 0 Å². The van der Waals surface area contributed by atoms with Crippen LogP contribution in [-0.2, 0) is 4.79 Å². The Morgan fingerprint density at radius 2 is 2.13 bits per heavy atom. The van der Waals surface area contributed by atoms with Crippen LogP contribution >= 0.6 is 0 Å². The summed E-state index contributed by atoms with van der Waals surface area (Å²) in [4.78, 5) is 12.0. The highest BCUT2D eigenvalue weighted by Crippen LogP contribution is 2.35. The van der Waals surface area contributed by atoms with Crippen molar-refractivity contribution in [3.63, 3.8) is 0 Å². The molecule has 5 nitrogen and oxygen atoms in total. The van der Waals surface area contributed by atoms with E-state index >= 15 is 0 Å². The topological polar surface area (TPSA) is 66.3 Å². The van der Waals surface area contributed by atoms with E-state index in [0.29, 0.717) is 5.88 Å². The van der Waals surface area contributed by atoms with Crippen molar-refractivity contribution >= 4 is 17.5 Å². The van der Waals surface area contributed by atoms with Crippen LogP contribution in [0.25, 0.3) is 0 Å². The van der Waals surface area contributed by atoms with Gasteiger partial charge in [0.25, 0.3) is 0 Å². The van der Waals surface area contributed by atoms with Crippen LogP contribution in [0, 0.1) is 0 Å². The summed E-state index contributed by atoms with van der Waals surface area (Å²) >= 11 is 0. The molecule has 2 aliphatic heterocycles. The highest BCUT2D eigenvalue weighted by Gasteiger charge is 2.43. The van der Waals surface area contributed by atoms with E-state index in [0.717, 1.165) is 31.6 Å². The SMILES string of the molecule is O=C1Nc2ccoc2NC12CCNCC2. The minimum atomic E-state index is -0.476. The Labute approximate surface area is 87.2 Å². The Hall–Kier alpha value is -1.49. The summed E-state index contributed by atoms with van der Waals surface area (Å²) in [7, 11) is 0. The first-order valence-electron chi connectivity index (χ1n) is 5.18. The van der Waals surface area contributed by atoms with E-state index in [4.69, 9.17) is 4.42 Å². The minimum absolute atomic E-state index is 0.0536. The first kappa shape index (κ1) is 8.79. The van der Waals surface area contributed by atoms with Gasteiger partial charge in [-0.1, -0.05) is 0 Å². The van der Waals surface area contributed by atoms with Crippen LogP contribution in [0.2, 0.25) is 0 Å². The van der Waals surface area contributed by atoms with Gasteiger partial charge >= 0.3 is 0 Å². The summed E-state index contributed by atoms with van der Waals surface area (Å²) < 4.78 is 5.29. The van der Waals surface area contributed by atoms with Gasteiger partial charge in [0.2, 0.25) is 11.8 Å². The zero-order chi connectivity index (χ0) is 10.3. The normalized spacial score (nSPS) is 23.1. The van der Waals surface area contributed by atoms with E-state index in [9.17, 15) is 4.79 Å². The van der Waals surface area contributed by atoms with E-state index in [1.807, 2.05) is 0 Å². The molecule has 1 aromatic heterocycles. The maximum atomic E-state index is 12.0. The molecule has 1 spiro atoms. The molecule has 15 heavy (non-hydrogen) atoms.